The second-order valence-corrected chi connectivity index (χ2v) is 9.80. The number of halogens is 2. The number of hydrogen-bond acceptors (Lipinski definition) is 2. The maximum Gasteiger partial charge on any atom is 0.335 e. The number of fused-ring (bicyclic) bond motifs is 3. The molecular formula is C27H38F2O2. The van der Waals surface area contributed by atoms with E-state index in [9.17, 15) is 9.18 Å². The van der Waals surface area contributed by atoms with Gasteiger partial charge in [-0.3, -0.25) is 0 Å². The second-order valence-electron chi connectivity index (χ2n) is 9.80. The van der Waals surface area contributed by atoms with Crippen molar-refractivity contribution in [3.63, 3.8) is 0 Å². The molecule has 0 unspecified atom stereocenters. The molecule has 172 valence electrons. The van der Waals surface area contributed by atoms with E-state index in [1.54, 1.807) is 12.1 Å². The molecule has 0 aliphatic heterocycles. The average Bonchev–Trinajstić information content (AvgIpc) is 2.78. The molecule has 3 saturated carbocycles. The Morgan fingerprint density at radius 3 is 2.26 bits per heavy atom. The summed E-state index contributed by atoms with van der Waals surface area (Å²) in [6.07, 6.45) is 18.5. The summed E-state index contributed by atoms with van der Waals surface area (Å²) in [4.78, 5) is 11.8. The molecule has 0 saturated heterocycles. The second kappa shape index (κ2) is 10.7. The Kier molecular flexibility index (Phi) is 8.30. The van der Waals surface area contributed by atoms with Crippen molar-refractivity contribution in [1.29, 1.82) is 0 Å². The largest absolute Gasteiger partial charge is 0.420 e. The molecule has 0 N–H and O–H groups in total. The Balaban J connectivity index is 1.64. The zero-order valence-electron chi connectivity index (χ0n) is 19.3. The normalized spacial score (nSPS) is 25.3. The van der Waals surface area contributed by atoms with Gasteiger partial charge in [0, 0.05) is 6.08 Å². The van der Waals surface area contributed by atoms with Crippen LogP contribution in [-0.4, -0.2) is 5.97 Å². The lowest BCUT2D eigenvalue weighted by molar-refractivity contribution is -0.129. The number of unbranched alkanes of at least 4 members (excludes halogenated alkanes) is 5. The van der Waals surface area contributed by atoms with Gasteiger partial charge in [-0.05, 0) is 73.8 Å². The molecule has 4 rings (SSSR count). The predicted octanol–water partition coefficient (Wildman–Crippen LogP) is 8.18. The van der Waals surface area contributed by atoms with Crippen LogP contribution < -0.4 is 4.74 Å². The van der Waals surface area contributed by atoms with E-state index in [0.717, 1.165) is 51.4 Å². The summed E-state index contributed by atoms with van der Waals surface area (Å²) in [6.45, 7) is 4.24. The van der Waals surface area contributed by atoms with Gasteiger partial charge >= 0.3 is 5.97 Å². The van der Waals surface area contributed by atoms with Gasteiger partial charge in [-0.15, -0.1) is 0 Å². The fourth-order valence-corrected chi connectivity index (χ4v) is 5.65. The first-order chi connectivity index (χ1) is 15.0. The van der Waals surface area contributed by atoms with Crippen molar-refractivity contribution >= 4 is 5.97 Å². The van der Waals surface area contributed by atoms with Crippen LogP contribution in [0.3, 0.4) is 0 Å². The zero-order valence-corrected chi connectivity index (χ0v) is 19.3. The molecule has 31 heavy (non-hydrogen) atoms. The highest BCUT2D eigenvalue weighted by Gasteiger charge is 2.50. The highest BCUT2D eigenvalue weighted by atomic mass is 19.2. The standard InChI is InChI=1S/C27H38F2O2/c1-3-5-7-8-10-14-26-15-18-27(19-16-26,20-17-26)21-12-13-22(25(29)24(21)28)31-23(30)11-9-6-4-2/h9,11-13H,3-8,10,14-20H2,1-2H3/b11-9+. The van der Waals surface area contributed by atoms with Crippen LogP contribution in [0, 0.1) is 17.0 Å². The number of carbonyl (C=O) groups is 1. The maximum atomic E-state index is 15.1. The molecule has 2 nitrogen and oxygen atoms in total. The molecule has 0 heterocycles. The van der Waals surface area contributed by atoms with Crippen LogP contribution in [0.15, 0.2) is 24.3 Å². The molecule has 4 heteroatoms. The molecule has 3 aliphatic rings. The van der Waals surface area contributed by atoms with E-state index in [-0.39, 0.29) is 11.2 Å². The fraction of sp³-hybridized carbons (Fsp3) is 0.667. The number of hydrogen-bond donors (Lipinski definition) is 0. The van der Waals surface area contributed by atoms with Gasteiger partial charge < -0.3 is 4.74 Å². The Hall–Kier alpha value is -1.71. The first-order valence-electron chi connectivity index (χ1n) is 12.3. The summed E-state index contributed by atoms with van der Waals surface area (Å²) in [5, 5.41) is 0. The molecule has 0 amide bonds. The third-order valence-electron chi connectivity index (χ3n) is 7.75. The van der Waals surface area contributed by atoms with Crippen molar-refractivity contribution < 1.29 is 18.3 Å². The van der Waals surface area contributed by atoms with Crippen LogP contribution in [0.25, 0.3) is 0 Å². The lowest BCUT2D eigenvalue weighted by Gasteiger charge is -2.54. The van der Waals surface area contributed by atoms with Gasteiger partial charge in [-0.2, -0.15) is 4.39 Å². The van der Waals surface area contributed by atoms with Gasteiger partial charge in [0.15, 0.2) is 11.6 Å². The highest BCUT2D eigenvalue weighted by Crippen LogP contribution is 2.60. The van der Waals surface area contributed by atoms with Crippen molar-refractivity contribution in [3.8, 4) is 5.75 Å². The van der Waals surface area contributed by atoms with Crippen LogP contribution in [0.2, 0.25) is 0 Å². The molecule has 1 aromatic carbocycles. The molecule has 2 bridgehead atoms. The molecular weight excluding hydrogens is 394 g/mol. The number of allylic oxidation sites excluding steroid dienone is 1. The highest BCUT2D eigenvalue weighted by molar-refractivity contribution is 5.84. The molecule has 3 fully saturated rings. The van der Waals surface area contributed by atoms with E-state index in [1.807, 2.05) is 6.92 Å². The topological polar surface area (TPSA) is 26.3 Å². The average molecular weight is 433 g/mol. The summed E-state index contributed by atoms with van der Waals surface area (Å²) in [7, 11) is 0. The smallest absolute Gasteiger partial charge is 0.335 e. The first-order valence-corrected chi connectivity index (χ1v) is 12.3. The Morgan fingerprint density at radius 2 is 1.61 bits per heavy atom. The SMILES string of the molecule is CCC/C=C/C(=O)Oc1ccc(C23CCC(CCCCCCC)(CC2)CC3)c(F)c1F. The van der Waals surface area contributed by atoms with Crippen LogP contribution in [0.5, 0.6) is 5.75 Å². The molecule has 0 spiro atoms. The monoisotopic (exact) mass is 432 g/mol. The lowest BCUT2D eigenvalue weighted by Crippen LogP contribution is -2.44. The van der Waals surface area contributed by atoms with Gasteiger partial charge in [0.1, 0.15) is 0 Å². The fourth-order valence-electron chi connectivity index (χ4n) is 5.65. The Morgan fingerprint density at radius 1 is 0.935 bits per heavy atom. The molecule has 3 aliphatic carbocycles. The summed E-state index contributed by atoms with van der Waals surface area (Å²) >= 11 is 0. The molecule has 0 radical (unpaired) electrons. The third kappa shape index (κ3) is 5.56. The summed E-state index contributed by atoms with van der Waals surface area (Å²) in [5.74, 6) is -2.87. The van der Waals surface area contributed by atoms with Gasteiger partial charge in [-0.1, -0.05) is 64.5 Å². The third-order valence-corrected chi connectivity index (χ3v) is 7.75. The van der Waals surface area contributed by atoms with E-state index in [2.05, 4.69) is 6.92 Å². The minimum Gasteiger partial charge on any atom is -0.420 e. The van der Waals surface area contributed by atoms with Gasteiger partial charge in [0.25, 0.3) is 0 Å². The van der Waals surface area contributed by atoms with Crippen LogP contribution in [-0.2, 0) is 10.2 Å². The van der Waals surface area contributed by atoms with E-state index in [4.69, 9.17) is 4.74 Å². The minimum absolute atomic E-state index is 0.265. The lowest BCUT2D eigenvalue weighted by atomic mass is 9.51. The van der Waals surface area contributed by atoms with Crippen LogP contribution in [0.4, 0.5) is 8.78 Å². The van der Waals surface area contributed by atoms with E-state index >= 15 is 4.39 Å². The van der Waals surface area contributed by atoms with Crippen molar-refractivity contribution in [2.45, 2.75) is 109 Å². The minimum atomic E-state index is -1.04. The van der Waals surface area contributed by atoms with Crippen molar-refractivity contribution in [3.05, 3.63) is 41.5 Å². The Labute approximate surface area is 186 Å². The number of benzene rings is 1. The summed E-state index contributed by atoms with van der Waals surface area (Å²) < 4.78 is 34.9. The number of carbonyl (C=O) groups excluding carboxylic acids is 1. The zero-order chi connectivity index (χ0) is 22.3. The number of ether oxygens (including phenoxy) is 1. The van der Waals surface area contributed by atoms with Crippen molar-refractivity contribution in [2.75, 3.05) is 0 Å². The number of rotatable bonds is 11. The predicted molar refractivity (Wildman–Crippen MR) is 121 cm³/mol. The summed E-state index contributed by atoms with van der Waals surface area (Å²) in [5.41, 5.74) is 0.629. The van der Waals surface area contributed by atoms with Crippen LogP contribution in [0.1, 0.15) is 109 Å². The van der Waals surface area contributed by atoms with E-state index < -0.39 is 17.6 Å². The first kappa shape index (κ1) is 23.9. The molecule has 0 aromatic heterocycles. The van der Waals surface area contributed by atoms with Gasteiger partial charge in [0.05, 0.1) is 0 Å². The van der Waals surface area contributed by atoms with E-state index in [1.165, 1.54) is 50.7 Å². The maximum absolute atomic E-state index is 15.1. The van der Waals surface area contributed by atoms with Gasteiger partial charge in [-0.25, -0.2) is 9.18 Å². The van der Waals surface area contributed by atoms with Crippen molar-refractivity contribution in [2.24, 2.45) is 5.41 Å². The Bertz CT molecular complexity index is 759. The quantitative estimate of drug-likeness (QED) is 0.152. The van der Waals surface area contributed by atoms with Crippen LogP contribution >= 0.6 is 0 Å². The van der Waals surface area contributed by atoms with E-state index in [0.29, 0.717) is 11.0 Å². The number of esters is 1. The van der Waals surface area contributed by atoms with Crippen molar-refractivity contribution in [1.82, 2.24) is 0 Å². The van der Waals surface area contributed by atoms with Gasteiger partial charge in [0.2, 0.25) is 5.82 Å². The molecule has 1 aromatic rings. The summed E-state index contributed by atoms with van der Waals surface area (Å²) in [6, 6.07) is 3.08. The molecule has 0 atom stereocenters.